The summed E-state index contributed by atoms with van der Waals surface area (Å²) < 4.78 is 10.7. The maximum absolute atomic E-state index is 12.8. The third kappa shape index (κ3) is 7.40. The molecule has 4 amide bonds. The Morgan fingerprint density at radius 2 is 1.69 bits per heavy atom. The molecule has 2 aromatic rings. The lowest BCUT2D eigenvalue weighted by Gasteiger charge is -2.39. The molecule has 2 heterocycles. The molecule has 226 valence electrons. The molecule has 0 aromatic heterocycles. The molecule has 2 aliphatic heterocycles. The molecular weight excluding hydrogens is 536 g/mol. The summed E-state index contributed by atoms with van der Waals surface area (Å²) in [6, 6.07) is 13.5. The Morgan fingerprint density at radius 1 is 1.02 bits per heavy atom. The van der Waals surface area contributed by atoms with Crippen LogP contribution in [-0.2, 0) is 25.6 Å². The molecule has 4 rings (SSSR count). The standard InChI is InChI=1S/C32H42N4O6/c1-20(2)41-30(39)33-27-16-21(3)36(22(4)37)28-13-12-25(17-26(27)28)24-10-8-23(9-11-24)18-34-14-15-35(19-29(34)38)31(40)42-32(5,6)7/h8-13,17,20-21,27H,14-16,18-19H2,1-7H3,(H,33,39)/t21-,27+/m0/s1. The van der Waals surface area contributed by atoms with E-state index in [0.29, 0.717) is 26.1 Å². The van der Waals surface area contributed by atoms with Gasteiger partial charge in [0.15, 0.2) is 0 Å². The number of ether oxygens (including phenoxy) is 2. The predicted octanol–water partition coefficient (Wildman–Crippen LogP) is 5.25. The van der Waals surface area contributed by atoms with Crippen LogP contribution in [0.3, 0.4) is 0 Å². The van der Waals surface area contributed by atoms with Gasteiger partial charge in [0.25, 0.3) is 0 Å². The number of anilines is 1. The molecule has 0 spiro atoms. The molecule has 42 heavy (non-hydrogen) atoms. The van der Waals surface area contributed by atoms with Crippen LogP contribution in [0.5, 0.6) is 0 Å². The predicted molar refractivity (Wildman–Crippen MR) is 160 cm³/mol. The average Bonchev–Trinajstić information content (AvgIpc) is 2.88. The number of nitrogens with zero attached hydrogens (tertiary/aromatic N) is 3. The van der Waals surface area contributed by atoms with Gasteiger partial charge in [-0.25, -0.2) is 9.59 Å². The van der Waals surface area contributed by atoms with E-state index < -0.39 is 17.8 Å². The van der Waals surface area contributed by atoms with Crippen molar-refractivity contribution in [3.63, 3.8) is 0 Å². The molecule has 10 heteroatoms. The molecule has 2 aliphatic rings. The molecule has 10 nitrogen and oxygen atoms in total. The van der Waals surface area contributed by atoms with Crippen LogP contribution >= 0.6 is 0 Å². The molecule has 0 unspecified atom stereocenters. The second-order valence-electron chi connectivity index (χ2n) is 12.3. The first-order valence-corrected chi connectivity index (χ1v) is 14.5. The SMILES string of the molecule is CC(=O)N1c2ccc(-c3ccc(CN4CCN(C(=O)OC(C)(C)C)CC4=O)cc3)cc2[C@H](NC(=O)OC(C)C)C[C@@H]1C. The zero-order chi connectivity index (χ0) is 30.8. The number of nitrogens with one attached hydrogen (secondary N) is 1. The lowest BCUT2D eigenvalue weighted by atomic mass is 9.89. The Balaban J connectivity index is 1.48. The fourth-order valence-electron chi connectivity index (χ4n) is 5.43. The first-order valence-electron chi connectivity index (χ1n) is 14.5. The Bertz CT molecular complexity index is 1330. The summed E-state index contributed by atoms with van der Waals surface area (Å²) >= 11 is 0. The quantitative estimate of drug-likeness (QED) is 0.519. The summed E-state index contributed by atoms with van der Waals surface area (Å²) in [5.41, 5.74) is 3.92. The van der Waals surface area contributed by atoms with Gasteiger partial charge in [-0.2, -0.15) is 0 Å². The van der Waals surface area contributed by atoms with Crippen LogP contribution in [0.1, 0.15) is 72.1 Å². The number of fused-ring (bicyclic) bond motifs is 1. The smallest absolute Gasteiger partial charge is 0.410 e. The summed E-state index contributed by atoms with van der Waals surface area (Å²) in [6.45, 7) is 13.8. The summed E-state index contributed by atoms with van der Waals surface area (Å²) in [4.78, 5) is 55.1. The fraction of sp³-hybridized carbons (Fsp3) is 0.500. The van der Waals surface area contributed by atoms with Gasteiger partial charge in [-0.05, 0) is 82.3 Å². The van der Waals surface area contributed by atoms with Crippen molar-refractivity contribution in [2.45, 2.75) is 85.2 Å². The van der Waals surface area contributed by atoms with Gasteiger partial charge in [-0.15, -0.1) is 0 Å². The second-order valence-corrected chi connectivity index (χ2v) is 12.3. The fourth-order valence-corrected chi connectivity index (χ4v) is 5.43. The Labute approximate surface area is 247 Å². The van der Waals surface area contributed by atoms with E-state index in [1.54, 1.807) is 51.3 Å². The van der Waals surface area contributed by atoms with Crippen molar-refractivity contribution in [1.29, 1.82) is 0 Å². The lowest BCUT2D eigenvalue weighted by molar-refractivity contribution is -0.136. The van der Waals surface area contributed by atoms with E-state index in [4.69, 9.17) is 9.47 Å². The zero-order valence-corrected chi connectivity index (χ0v) is 25.6. The first-order chi connectivity index (χ1) is 19.7. The summed E-state index contributed by atoms with van der Waals surface area (Å²) in [5.74, 6) is -0.171. The molecule has 2 atom stereocenters. The minimum atomic E-state index is -0.612. The number of hydrogen-bond donors (Lipinski definition) is 1. The number of carbonyl (C=O) groups excluding carboxylic acids is 4. The maximum Gasteiger partial charge on any atom is 0.410 e. The van der Waals surface area contributed by atoms with Crippen LogP contribution in [0.2, 0.25) is 0 Å². The van der Waals surface area contributed by atoms with Crippen molar-refractivity contribution in [3.8, 4) is 11.1 Å². The van der Waals surface area contributed by atoms with Gasteiger partial charge in [0.2, 0.25) is 11.8 Å². The molecule has 1 fully saturated rings. The Morgan fingerprint density at radius 3 is 2.29 bits per heavy atom. The second kappa shape index (κ2) is 12.4. The van der Waals surface area contributed by atoms with Crippen LogP contribution < -0.4 is 10.2 Å². The van der Waals surface area contributed by atoms with Gasteiger partial charge in [0.1, 0.15) is 12.1 Å². The molecule has 0 aliphatic carbocycles. The average molecular weight is 579 g/mol. The monoisotopic (exact) mass is 578 g/mol. The van der Waals surface area contributed by atoms with Crippen molar-refractivity contribution in [2.75, 3.05) is 24.5 Å². The van der Waals surface area contributed by atoms with Crippen molar-refractivity contribution in [2.24, 2.45) is 0 Å². The number of hydrogen-bond acceptors (Lipinski definition) is 6. The van der Waals surface area contributed by atoms with Crippen LogP contribution in [0, 0.1) is 0 Å². The van der Waals surface area contributed by atoms with Crippen LogP contribution in [0.15, 0.2) is 42.5 Å². The van der Waals surface area contributed by atoms with Gasteiger partial charge >= 0.3 is 12.2 Å². The number of alkyl carbamates (subject to hydrolysis) is 1. The third-order valence-corrected chi connectivity index (χ3v) is 7.29. The minimum Gasteiger partial charge on any atom is -0.447 e. The summed E-state index contributed by atoms with van der Waals surface area (Å²) in [7, 11) is 0. The van der Waals surface area contributed by atoms with E-state index >= 15 is 0 Å². The molecule has 0 radical (unpaired) electrons. The van der Waals surface area contributed by atoms with Crippen LogP contribution in [-0.4, -0.2) is 71.2 Å². The maximum atomic E-state index is 12.8. The lowest BCUT2D eigenvalue weighted by Crippen LogP contribution is -2.52. The molecule has 0 saturated carbocycles. The first kappa shape index (κ1) is 30.9. The highest BCUT2D eigenvalue weighted by atomic mass is 16.6. The number of amides is 4. The molecule has 1 N–H and O–H groups in total. The third-order valence-electron chi connectivity index (χ3n) is 7.29. The van der Waals surface area contributed by atoms with Gasteiger partial charge in [0.05, 0.1) is 12.1 Å². The highest BCUT2D eigenvalue weighted by Gasteiger charge is 2.34. The minimum absolute atomic E-state index is 0.00205. The number of carbonyl (C=O) groups is 4. The molecule has 1 saturated heterocycles. The van der Waals surface area contributed by atoms with Gasteiger partial charge in [-0.3, -0.25) is 14.5 Å². The number of piperazine rings is 1. The van der Waals surface area contributed by atoms with E-state index in [9.17, 15) is 19.2 Å². The van der Waals surface area contributed by atoms with Crippen molar-refractivity contribution >= 4 is 29.7 Å². The van der Waals surface area contributed by atoms with E-state index in [-0.39, 0.29) is 36.5 Å². The largest absolute Gasteiger partial charge is 0.447 e. The van der Waals surface area contributed by atoms with Crippen molar-refractivity contribution in [1.82, 2.24) is 15.1 Å². The molecule has 0 bridgehead atoms. The molecular formula is C32H42N4O6. The summed E-state index contributed by atoms with van der Waals surface area (Å²) in [5, 5.41) is 2.99. The van der Waals surface area contributed by atoms with E-state index in [2.05, 4.69) is 5.32 Å². The highest BCUT2D eigenvalue weighted by Crippen LogP contribution is 2.39. The van der Waals surface area contributed by atoms with Gasteiger partial charge < -0.3 is 24.6 Å². The number of benzene rings is 2. The van der Waals surface area contributed by atoms with Gasteiger partial charge in [-0.1, -0.05) is 30.3 Å². The van der Waals surface area contributed by atoms with Crippen molar-refractivity contribution in [3.05, 3.63) is 53.6 Å². The normalized spacial score (nSPS) is 19.0. The Kier molecular flexibility index (Phi) is 9.13. The molecule has 2 aromatic carbocycles. The number of rotatable bonds is 5. The summed E-state index contributed by atoms with van der Waals surface area (Å²) in [6.07, 6.45) is -0.633. The van der Waals surface area contributed by atoms with Crippen molar-refractivity contribution < 1.29 is 28.7 Å². The highest BCUT2D eigenvalue weighted by molar-refractivity contribution is 5.94. The topological polar surface area (TPSA) is 108 Å². The van der Waals surface area contributed by atoms with Crippen LogP contribution in [0.4, 0.5) is 15.3 Å². The van der Waals surface area contributed by atoms with Crippen LogP contribution in [0.25, 0.3) is 11.1 Å². The van der Waals surface area contributed by atoms with E-state index in [1.165, 1.54) is 4.90 Å². The van der Waals surface area contributed by atoms with E-state index in [1.807, 2.05) is 49.4 Å². The van der Waals surface area contributed by atoms with Gasteiger partial charge in [0, 0.05) is 38.3 Å². The van der Waals surface area contributed by atoms with E-state index in [0.717, 1.165) is 27.9 Å². The Hall–Kier alpha value is -4.08. The zero-order valence-electron chi connectivity index (χ0n) is 25.6.